The first-order valence-corrected chi connectivity index (χ1v) is 8.25. The maximum absolute atomic E-state index is 5.42. The third kappa shape index (κ3) is 3.29. The summed E-state index contributed by atoms with van der Waals surface area (Å²) < 4.78 is 0. The lowest BCUT2D eigenvalue weighted by molar-refractivity contribution is 0.694. The Kier molecular flexibility index (Phi) is 4.28. The lowest BCUT2D eigenvalue weighted by Gasteiger charge is -2.31. The van der Waals surface area contributed by atoms with Crippen molar-refractivity contribution in [3.05, 3.63) is 51.2 Å². The van der Waals surface area contributed by atoms with Gasteiger partial charge in [0.1, 0.15) is 0 Å². The maximum atomic E-state index is 5.42. The highest BCUT2D eigenvalue weighted by atomic mass is 32.1. The van der Waals surface area contributed by atoms with Crippen molar-refractivity contribution in [2.24, 2.45) is 5.73 Å². The highest BCUT2D eigenvalue weighted by Crippen LogP contribution is 2.30. The predicted octanol–water partition coefficient (Wildman–Crippen LogP) is 3.32. The van der Waals surface area contributed by atoms with E-state index in [0.29, 0.717) is 6.54 Å². The minimum atomic E-state index is 0.421. The Morgan fingerprint density at radius 2 is 2.24 bits per heavy atom. The van der Waals surface area contributed by atoms with Crippen LogP contribution in [0.2, 0.25) is 0 Å². The number of nitrogens with two attached hydrogens (primary N) is 1. The quantitative estimate of drug-likeness (QED) is 0.861. The zero-order valence-electron chi connectivity index (χ0n) is 12.4. The van der Waals surface area contributed by atoms with Gasteiger partial charge in [-0.05, 0) is 37.5 Å². The zero-order chi connectivity index (χ0) is 14.7. The summed E-state index contributed by atoms with van der Waals surface area (Å²) in [7, 11) is 0. The SMILES string of the molecule is Cc1ccc2c(c1)CCCN2Cc1cc(C#CCN)cs1. The Labute approximate surface area is 130 Å². The number of hydrogen-bond acceptors (Lipinski definition) is 3. The van der Waals surface area contributed by atoms with Crippen LogP contribution in [0.5, 0.6) is 0 Å². The second-order valence-electron chi connectivity index (χ2n) is 5.46. The normalized spacial score (nSPS) is 13.5. The van der Waals surface area contributed by atoms with E-state index in [-0.39, 0.29) is 0 Å². The third-order valence-electron chi connectivity index (χ3n) is 3.79. The molecule has 0 radical (unpaired) electrons. The van der Waals surface area contributed by atoms with Crippen molar-refractivity contribution < 1.29 is 0 Å². The number of fused-ring (bicyclic) bond motifs is 1. The molecule has 1 aromatic carbocycles. The first-order valence-electron chi connectivity index (χ1n) is 7.37. The third-order valence-corrected chi connectivity index (χ3v) is 4.71. The summed E-state index contributed by atoms with van der Waals surface area (Å²) in [4.78, 5) is 3.86. The van der Waals surface area contributed by atoms with Crippen molar-refractivity contribution in [3.63, 3.8) is 0 Å². The predicted molar refractivity (Wildman–Crippen MR) is 90.8 cm³/mol. The minimum Gasteiger partial charge on any atom is -0.366 e. The van der Waals surface area contributed by atoms with Crippen LogP contribution in [0.3, 0.4) is 0 Å². The van der Waals surface area contributed by atoms with Crippen LogP contribution in [0.25, 0.3) is 0 Å². The van der Waals surface area contributed by atoms with Gasteiger partial charge in [-0.3, -0.25) is 0 Å². The molecule has 2 nitrogen and oxygen atoms in total. The largest absolute Gasteiger partial charge is 0.366 e. The Balaban J connectivity index is 1.79. The van der Waals surface area contributed by atoms with E-state index in [1.54, 1.807) is 11.3 Å². The summed E-state index contributed by atoms with van der Waals surface area (Å²) in [6.07, 6.45) is 2.44. The molecule has 0 atom stereocenters. The van der Waals surface area contributed by atoms with Gasteiger partial charge in [-0.1, -0.05) is 29.5 Å². The molecule has 1 aromatic heterocycles. The minimum absolute atomic E-state index is 0.421. The van der Waals surface area contributed by atoms with Gasteiger partial charge in [-0.15, -0.1) is 11.3 Å². The second kappa shape index (κ2) is 6.34. The number of thiophene rings is 1. The van der Waals surface area contributed by atoms with Gasteiger partial charge in [-0.25, -0.2) is 0 Å². The van der Waals surface area contributed by atoms with Crippen LogP contribution in [0.15, 0.2) is 29.6 Å². The molecular weight excluding hydrogens is 276 g/mol. The Bertz CT molecular complexity index is 691. The lowest BCUT2D eigenvalue weighted by Crippen LogP contribution is -2.28. The van der Waals surface area contributed by atoms with Crippen LogP contribution in [-0.4, -0.2) is 13.1 Å². The standard InChI is InChI=1S/C18H20N2S/c1-14-6-7-18-16(10-14)5-3-9-20(18)12-17-11-15(13-21-17)4-2-8-19/h6-7,10-11,13H,3,5,8-9,12,19H2,1H3. The molecule has 0 saturated carbocycles. The van der Waals surface area contributed by atoms with E-state index in [9.17, 15) is 0 Å². The number of aryl methyl sites for hydroxylation is 2. The molecule has 0 aliphatic carbocycles. The first kappa shape index (κ1) is 14.2. The molecule has 2 N–H and O–H groups in total. The van der Waals surface area contributed by atoms with Gasteiger partial charge in [0.05, 0.1) is 13.1 Å². The molecule has 2 heterocycles. The molecule has 21 heavy (non-hydrogen) atoms. The fraction of sp³-hybridized carbons (Fsp3) is 0.333. The average molecular weight is 296 g/mol. The molecule has 0 fully saturated rings. The molecule has 2 aromatic rings. The van der Waals surface area contributed by atoms with Crippen LogP contribution in [0.4, 0.5) is 5.69 Å². The number of hydrogen-bond donors (Lipinski definition) is 1. The molecule has 3 rings (SSSR count). The highest BCUT2D eigenvalue weighted by Gasteiger charge is 2.17. The van der Waals surface area contributed by atoms with Gasteiger partial charge in [-0.2, -0.15) is 0 Å². The van der Waals surface area contributed by atoms with Crippen molar-refractivity contribution >= 4 is 17.0 Å². The van der Waals surface area contributed by atoms with Crippen LogP contribution in [0, 0.1) is 18.8 Å². The van der Waals surface area contributed by atoms with Crippen LogP contribution in [-0.2, 0) is 13.0 Å². The Morgan fingerprint density at radius 1 is 1.33 bits per heavy atom. The van der Waals surface area contributed by atoms with E-state index >= 15 is 0 Å². The summed E-state index contributed by atoms with van der Waals surface area (Å²) in [6.45, 7) is 4.70. The fourth-order valence-corrected chi connectivity index (χ4v) is 3.67. The summed E-state index contributed by atoms with van der Waals surface area (Å²) in [5.41, 5.74) is 10.7. The van der Waals surface area contributed by atoms with Gasteiger partial charge in [0, 0.05) is 28.1 Å². The lowest BCUT2D eigenvalue weighted by atomic mass is 9.99. The molecule has 1 aliphatic heterocycles. The molecule has 0 unspecified atom stereocenters. The fourth-order valence-electron chi connectivity index (χ4n) is 2.84. The number of benzene rings is 1. The molecule has 0 bridgehead atoms. The number of nitrogens with zero attached hydrogens (tertiary/aromatic N) is 1. The molecule has 0 saturated heterocycles. The second-order valence-corrected chi connectivity index (χ2v) is 6.46. The first-order chi connectivity index (χ1) is 10.3. The van der Waals surface area contributed by atoms with Gasteiger partial charge < -0.3 is 10.6 Å². The van der Waals surface area contributed by atoms with E-state index in [4.69, 9.17) is 5.73 Å². The van der Waals surface area contributed by atoms with Gasteiger partial charge >= 0.3 is 0 Å². The topological polar surface area (TPSA) is 29.3 Å². The van der Waals surface area contributed by atoms with Crippen molar-refractivity contribution in [2.75, 3.05) is 18.0 Å². The molecule has 0 amide bonds. The highest BCUT2D eigenvalue weighted by molar-refractivity contribution is 7.10. The molecule has 3 heteroatoms. The van der Waals surface area contributed by atoms with Gasteiger partial charge in [0.15, 0.2) is 0 Å². The zero-order valence-corrected chi connectivity index (χ0v) is 13.2. The summed E-state index contributed by atoms with van der Waals surface area (Å²) >= 11 is 1.79. The Morgan fingerprint density at radius 3 is 3.10 bits per heavy atom. The van der Waals surface area contributed by atoms with Crippen LogP contribution >= 0.6 is 11.3 Å². The van der Waals surface area contributed by atoms with Gasteiger partial charge in [0.2, 0.25) is 0 Å². The van der Waals surface area contributed by atoms with E-state index < -0.39 is 0 Å². The van der Waals surface area contributed by atoms with E-state index in [1.807, 2.05) is 0 Å². The van der Waals surface area contributed by atoms with Crippen molar-refractivity contribution in [1.29, 1.82) is 0 Å². The number of rotatable bonds is 2. The molecule has 1 aliphatic rings. The molecule has 108 valence electrons. The Hall–Kier alpha value is -1.76. The average Bonchev–Trinajstić information content (AvgIpc) is 2.92. The number of anilines is 1. The summed E-state index contributed by atoms with van der Waals surface area (Å²) in [5, 5.41) is 2.12. The summed E-state index contributed by atoms with van der Waals surface area (Å²) in [6, 6.07) is 9.00. The molecule has 0 spiro atoms. The van der Waals surface area contributed by atoms with Crippen molar-refractivity contribution in [1.82, 2.24) is 0 Å². The van der Waals surface area contributed by atoms with Gasteiger partial charge in [0.25, 0.3) is 0 Å². The van der Waals surface area contributed by atoms with E-state index in [1.165, 1.54) is 34.5 Å². The van der Waals surface area contributed by atoms with Crippen LogP contribution in [0.1, 0.15) is 28.0 Å². The molecular formula is C18H20N2S. The van der Waals surface area contributed by atoms with Crippen LogP contribution < -0.4 is 10.6 Å². The smallest absolute Gasteiger partial charge is 0.0555 e. The van der Waals surface area contributed by atoms with Crippen molar-refractivity contribution in [3.8, 4) is 11.8 Å². The van der Waals surface area contributed by atoms with E-state index in [2.05, 4.69) is 53.3 Å². The maximum Gasteiger partial charge on any atom is 0.0555 e. The monoisotopic (exact) mass is 296 g/mol. The van der Waals surface area contributed by atoms with Crippen molar-refractivity contribution in [2.45, 2.75) is 26.3 Å². The summed E-state index contributed by atoms with van der Waals surface area (Å²) in [5.74, 6) is 6.02. The van der Waals surface area contributed by atoms with E-state index in [0.717, 1.165) is 18.7 Å².